The zero-order valence-corrected chi connectivity index (χ0v) is 15.3. The largest absolute Gasteiger partial charge is 0.467 e. The van der Waals surface area contributed by atoms with Gasteiger partial charge in [-0.05, 0) is 36.4 Å². The number of carbonyl (C=O) groups excluding carboxylic acids is 3. The van der Waals surface area contributed by atoms with Crippen molar-refractivity contribution < 1.29 is 18.8 Å². The molecular formula is C18H21N3O4S. The lowest BCUT2D eigenvalue weighted by Gasteiger charge is -2.27. The quantitative estimate of drug-likeness (QED) is 0.833. The van der Waals surface area contributed by atoms with Crippen LogP contribution in [0.25, 0.3) is 0 Å². The molecule has 0 unspecified atom stereocenters. The van der Waals surface area contributed by atoms with Crippen LogP contribution in [0.5, 0.6) is 0 Å². The average Bonchev–Trinajstić information content (AvgIpc) is 3.40. The highest BCUT2D eigenvalue weighted by Crippen LogP contribution is 2.23. The molecule has 1 atom stereocenters. The van der Waals surface area contributed by atoms with E-state index in [-0.39, 0.29) is 30.8 Å². The summed E-state index contributed by atoms with van der Waals surface area (Å²) in [7, 11) is 1.58. The van der Waals surface area contributed by atoms with Gasteiger partial charge in [-0.25, -0.2) is 0 Å². The first kappa shape index (κ1) is 18.2. The zero-order valence-electron chi connectivity index (χ0n) is 14.5. The molecule has 1 aliphatic rings. The summed E-state index contributed by atoms with van der Waals surface area (Å²) in [6.45, 7) is 0.781. The molecule has 0 radical (unpaired) electrons. The number of likely N-dealkylation sites (tertiary alicyclic amines) is 1. The Bertz CT molecular complexity index is 758. The Balaban J connectivity index is 1.55. The minimum Gasteiger partial charge on any atom is -0.467 e. The third-order valence-electron chi connectivity index (χ3n) is 4.33. The average molecular weight is 375 g/mol. The molecule has 1 saturated heterocycles. The van der Waals surface area contributed by atoms with Gasteiger partial charge in [-0.2, -0.15) is 0 Å². The SMILES string of the molecule is CN(CC(=O)NCc1ccco1)C(=O)[C@@H]1CCCN1C(=O)c1cccs1. The first-order valence-corrected chi connectivity index (χ1v) is 9.33. The van der Waals surface area contributed by atoms with Crippen LogP contribution in [0.3, 0.4) is 0 Å². The Hall–Kier alpha value is -2.61. The Morgan fingerprint density at radius 1 is 1.35 bits per heavy atom. The predicted octanol–water partition coefficient (Wildman–Crippen LogP) is 1.72. The van der Waals surface area contributed by atoms with Crippen LogP contribution < -0.4 is 5.32 Å². The molecule has 1 aliphatic heterocycles. The van der Waals surface area contributed by atoms with Gasteiger partial charge < -0.3 is 19.5 Å². The third-order valence-corrected chi connectivity index (χ3v) is 5.19. The number of nitrogens with one attached hydrogen (secondary N) is 1. The number of thiophene rings is 1. The second-order valence-corrected chi connectivity index (χ2v) is 7.13. The highest BCUT2D eigenvalue weighted by atomic mass is 32.1. The number of likely N-dealkylation sites (N-methyl/N-ethyl adjacent to an activating group) is 1. The van der Waals surface area contributed by atoms with E-state index in [0.29, 0.717) is 23.6 Å². The maximum atomic E-state index is 12.7. The topological polar surface area (TPSA) is 82.9 Å². The number of amides is 3. The van der Waals surface area contributed by atoms with Gasteiger partial charge in [-0.1, -0.05) is 6.07 Å². The lowest BCUT2D eigenvalue weighted by Crippen LogP contribution is -2.48. The standard InChI is InChI=1S/C18H21N3O4S/c1-20(12-16(22)19-11-13-5-3-9-25-13)17(23)14-6-2-8-21(14)18(24)15-7-4-10-26-15/h3-5,7,9-10,14H,2,6,8,11-12H2,1H3,(H,19,22)/t14-/m0/s1. The van der Waals surface area contributed by atoms with E-state index in [1.165, 1.54) is 22.5 Å². The van der Waals surface area contributed by atoms with Crippen molar-refractivity contribution in [3.63, 3.8) is 0 Å². The summed E-state index contributed by atoms with van der Waals surface area (Å²) in [5, 5.41) is 4.56. The van der Waals surface area contributed by atoms with Gasteiger partial charge >= 0.3 is 0 Å². The van der Waals surface area contributed by atoms with Crippen LogP contribution in [0.1, 0.15) is 28.3 Å². The molecule has 8 heteroatoms. The van der Waals surface area contributed by atoms with Crippen LogP contribution in [0.2, 0.25) is 0 Å². The minimum absolute atomic E-state index is 0.0585. The monoisotopic (exact) mass is 375 g/mol. The van der Waals surface area contributed by atoms with Gasteiger partial charge in [-0.15, -0.1) is 11.3 Å². The van der Waals surface area contributed by atoms with Crippen molar-refractivity contribution in [3.05, 3.63) is 46.5 Å². The first-order valence-electron chi connectivity index (χ1n) is 8.45. The summed E-state index contributed by atoms with van der Waals surface area (Å²) < 4.78 is 5.15. The molecule has 26 heavy (non-hydrogen) atoms. The number of hydrogen-bond acceptors (Lipinski definition) is 5. The van der Waals surface area contributed by atoms with Gasteiger partial charge in [0.1, 0.15) is 11.8 Å². The smallest absolute Gasteiger partial charge is 0.264 e. The molecule has 1 fully saturated rings. The molecule has 0 spiro atoms. The van der Waals surface area contributed by atoms with Crippen LogP contribution >= 0.6 is 11.3 Å². The summed E-state index contributed by atoms with van der Waals surface area (Å²) in [4.78, 5) is 41.0. The maximum absolute atomic E-state index is 12.7. The number of nitrogens with zero attached hydrogens (tertiary/aromatic N) is 2. The van der Waals surface area contributed by atoms with Crippen LogP contribution in [0, 0.1) is 0 Å². The Labute approximate surface area is 155 Å². The Kier molecular flexibility index (Phi) is 5.72. The van der Waals surface area contributed by atoms with E-state index in [1.807, 2.05) is 11.4 Å². The summed E-state index contributed by atoms with van der Waals surface area (Å²) in [6.07, 6.45) is 2.94. The molecule has 138 valence electrons. The van der Waals surface area contributed by atoms with E-state index in [9.17, 15) is 14.4 Å². The molecule has 3 heterocycles. The van der Waals surface area contributed by atoms with Crippen molar-refractivity contribution in [1.29, 1.82) is 0 Å². The van der Waals surface area contributed by atoms with Gasteiger partial charge in [0.2, 0.25) is 11.8 Å². The molecule has 2 aromatic heterocycles. The Morgan fingerprint density at radius 3 is 2.88 bits per heavy atom. The first-order chi connectivity index (χ1) is 12.6. The van der Waals surface area contributed by atoms with Gasteiger partial charge in [0.25, 0.3) is 5.91 Å². The van der Waals surface area contributed by atoms with Crippen molar-refractivity contribution in [2.75, 3.05) is 20.1 Å². The van der Waals surface area contributed by atoms with Crippen LogP contribution in [-0.2, 0) is 16.1 Å². The van der Waals surface area contributed by atoms with Crippen molar-refractivity contribution in [2.24, 2.45) is 0 Å². The number of furan rings is 1. The van der Waals surface area contributed by atoms with Crippen molar-refractivity contribution >= 4 is 29.1 Å². The molecule has 1 N–H and O–H groups in total. The molecule has 7 nitrogen and oxygen atoms in total. The summed E-state index contributed by atoms with van der Waals surface area (Å²) in [5.74, 6) is 0.0503. The van der Waals surface area contributed by atoms with Gasteiger partial charge in [-0.3, -0.25) is 14.4 Å². The second-order valence-electron chi connectivity index (χ2n) is 6.18. The summed E-state index contributed by atoms with van der Waals surface area (Å²) in [6, 6.07) is 6.59. The number of carbonyl (C=O) groups is 3. The molecule has 0 aliphatic carbocycles. The molecule has 0 bridgehead atoms. The zero-order chi connectivity index (χ0) is 18.5. The number of rotatable bonds is 6. The van der Waals surface area contributed by atoms with Crippen LogP contribution in [0.15, 0.2) is 40.3 Å². The fourth-order valence-corrected chi connectivity index (χ4v) is 3.69. The van der Waals surface area contributed by atoms with Crippen molar-refractivity contribution in [3.8, 4) is 0 Å². The predicted molar refractivity (Wildman–Crippen MR) is 96.6 cm³/mol. The second kappa shape index (κ2) is 8.18. The highest BCUT2D eigenvalue weighted by molar-refractivity contribution is 7.12. The van der Waals surface area contributed by atoms with E-state index >= 15 is 0 Å². The van der Waals surface area contributed by atoms with E-state index in [4.69, 9.17) is 4.42 Å². The fourth-order valence-electron chi connectivity index (χ4n) is 3.01. The summed E-state index contributed by atoms with van der Waals surface area (Å²) >= 11 is 1.37. The van der Waals surface area contributed by atoms with Crippen molar-refractivity contribution in [1.82, 2.24) is 15.1 Å². The van der Waals surface area contributed by atoms with Gasteiger partial charge in [0.05, 0.1) is 24.2 Å². The molecule has 0 saturated carbocycles. The normalized spacial score (nSPS) is 16.5. The molecule has 0 aromatic carbocycles. The maximum Gasteiger partial charge on any atom is 0.264 e. The van der Waals surface area contributed by atoms with Crippen LogP contribution in [0.4, 0.5) is 0 Å². The lowest BCUT2D eigenvalue weighted by atomic mass is 10.2. The lowest BCUT2D eigenvalue weighted by molar-refractivity contribution is -0.137. The highest BCUT2D eigenvalue weighted by Gasteiger charge is 2.36. The summed E-state index contributed by atoms with van der Waals surface area (Å²) in [5.41, 5.74) is 0. The van der Waals surface area contributed by atoms with E-state index in [2.05, 4.69) is 5.32 Å². The van der Waals surface area contributed by atoms with E-state index in [1.54, 1.807) is 30.1 Å². The van der Waals surface area contributed by atoms with Gasteiger partial charge in [0, 0.05) is 13.6 Å². The molecule has 3 amide bonds. The van der Waals surface area contributed by atoms with Crippen molar-refractivity contribution in [2.45, 2.75) is 25.4 Å². The minimum atomic E-state index is -0.507. The van der Waals surface area contributed by atoms with E-state index < -0.39 is 6.04 Å². The van der Waals surface area contributed by atoms with Crippen LogP contribution in [-0.4, -0.2) is 53.7 Å². The Morgan fingerprint density at radius 2 is 2.19 bits per heavy atom. The third kappa shape index (κ3) is 4.13. The molecule has 3 rings (SSSR count). The fraction of sp³-hybridized carbons (Fsp3) is 0.389. The number of hydrogen-bond donors (Lipinski definition) is 1. The van der Waals surface area contributed by atoms with E-state index in [0.717, 1.165) is 6.42 Å². The van der Waals surface area contributed by atoms with Gasteiger partial charge in [0.15, 0.2) is 0 Å². The molecular weight excluding hydrogens is 354 g/mol. The molecule has 2 aromatic rings.